The molecule has 0 atom stereocenters. The van der Waals surface area contributed by atoms with Crippen molar-refractivity contribution < 1.29 is 22.7 Å². The van der Waals surface area contributed by atoms with E-state index < -0.39 is 10.0 Å². The number of anilines is 2. The third kappa shape index (κ3) is 5.62. The fourth-order valence-corrected chi connectivity index (χ4v) is 4.27. The molecule has 9 heteroatoms. The van der Waals surface area contributed by atoms with Crippen LogP contribution in [0.1, 0.15) is 20.3 Å². The van der Waals surface area contributed by atoms with Crippen LogP contribution in [0, 0.1) is 5.92 Å². The molecule has 2 N–H and O–H groups in total. The number of hydrogen-bond acceptors (Lipinski definition) is 5. The van der Waals surface area contributed by atoms with Gasteiger partial charge in [0.05, 0.1) is 24.4 Å². The van der Waals surface area contributed by atoms with Crippen molar-refractivity contribution in [1.82, 2.24) is 0 Å². The van der Waals surface area contributed by atoms with Crippen molar-refractivity contribution in [1.29, 1.82) is 0 Å². The summed E-state index contributed by atoms with van der Waals surface area (Å²) in [5, 5.41) is 2.71. The summed E-state index contributed by atoms with van der Waals surface area (Å²) in [6.07, 6.45) is 0.340. The molecule has 0 heterocycles. The van der Waals surface area contributed by atoms with E-state index in [4.69, 9.17) is 9.47 Å². The molecule has 0 bridgehead atoms. The van der Waals surface area contributed by atoms with Crippen LogP contribution in [0.4, 0.5) is 11.4 Å². The fourth-order valence-electron chi connectivity index (χ4n) is 2.49. The molecule has 0 aliphatic rings. The lowest BCUT2D eigenvalue weighted by molar-refractivity contribution is -0.116. The number of benzene rings is 2. The highest BCUT2D eigenvalue weighted by molar-refractivity contribution is 9.10. The smallest absolute Gasteiger partial charge is 0.265 e. The van der Waals surface area contributed by atoms with Crippen molar-refractivity contribution in [2.24, 2.45) is 5.92 Å². The largest absolute Gasteiger partial charge is 0.496 e. The van der Waals surface area contributed by atoms with Gasteiger partial charge in [0.25, 0.3) is 10.0 Å². The number of hydrogen-bond donors (Lipinski definition) is 2. The zero-order valence-corrected chi connectivity index (χ0v) is 18.5. The Balaban J connectivity index is 2.33. The fraction of sp³-hybridized carbons (Fsp3) is 0.316. The number of ether oxygens (including phenoxy) is 2. The predicted molar refractivity (Wildman–Crippen MR) is 113 cm³/mol. The molecule has 0 aliphatic carbocycles. The number of methoxy groups -OCH3 is 2. The minimum absolute atomic E-state index is 0.0794. The zero-order valence-electron chi connectivity index (χ0n) is 16.1. The summed E-state index contributed by atoms with van der Waals surface area (Å²) in [5.41, 5.74) is 0.728. The van der Waals surface area contributed by atoms with Crippen LogP contribution in [-0.4, -0.2) is 28.5 Å². The lowest BCUT2D eigenvalue weighted by Gasteiger charge is -2.14. The number of halogens is 1. The van der Waals surface area contributed by atoms with Gasteiger partial charge in [-0.2, -0.15) is 0 Å². The van der Waals surface area contributed by atoms with Crippen LogP contribution < -0.4 is 19.5 Å². The Morgan fingerprint density at radius 3 is 2.21 bits per heavy atom. The first-order chi connectivity index (χ1) is 13.2. The minimum Gasteiger partial charge on any atom is -0.496 e. The minimum atomic E-state index is -3.96. The Labute approximate surface area is 173 Å². The maximum atomic E-state index is 12.9. The molecule has 0 fully saturated rings. The number of nitrogens with one attached hydrogen (secondary N) is 2. The molecule has 0 spiro atoms. The van der Waals surface area contributed by atoms with Crippen LogP contribution in [0.2, 0.25) is 0 Å². The molecular weight excluding hydrogens is 448 g/mol. The molecule has 152 valence electrons. The van der Waals surface area contributed by atoms with Crippen LogP contribution in [0.15, 0.2) is 45.8 Å². The van der Waals surface area contributed by atoms with Gasteiger partial charge in [-0.15, -0.1) is 0 Å². The van der Waals surface area contributed by atoms with Gasteiger partial charge in [0.2, 0.25) is 5.91 Å². The van der Waals surface area contributed by atoms with E-state index in [0.717, 1.165) is 0 Å². The Morgan fingerprint density at radius 2 is 1.64 bits per heavy atom. The molecule has 2 aromatic rings. The van der Waals surface area contributed by atoms with Gasteiger partial charge >= 0.3 is 0 Å². The van der Waals surface area contributed by atoms with Gasteiger partial charge in [0.1, 0.15) is 16.4 Å². The standard InChI is InChI=1S/C19H23BrN2O5S/c1-12(2)9-19(23)21-13-5-8-17(27-4)18(11-13)28(24,25)22-14-6-7-16(26-3)15(20)10-14/h5-8,10-12,22H,9H2,1-4H3,(H,21,23). The van der Waals surface area contributed by atoms with Crippen LogP contribution in [0.3, 0.4) is 0 Å². The first-order valence-corrected chi connectivity index (χ1v) is 10.8. The monoisotopic (exact) mass is 470 g/mol. The van der Waals surface area contributed by atoms with Crippen molar-refractivity contribution in [2.45, 2.75) is 25.2 Å². The van der Waals surface area contributed by atoms with E-state index in [1.165, 1.54) is 26.4 Å². The van der Waals surface area contributed by atoms with E-state index in [1.54, 1.807) is 24.3 Å². The quantitative estimate of drug-likeness (QED) is 0.601. The second-order valence-electron chi connectivity index (χ2n) is 6.47. The third-order valence-corrected chi connectivity index (χ3v) is 5.76. The molecule has 2 rings (SSSR count). The van der Waals surface area contributed by atoms with E-state index in [9.17, 15) is 13.2 Å². The summed E-state index contributed by atoms with van der Waals surface area (Å²) < 4.78 is 39.3. The summed E-state index contributed by atoms with van der Waals surface area (Å²) in [4.78, 5) is 11.9. The van der Waals surface area contributed by atoms with E-state index in [-0.39, 0.29) is 22.5 Å². The van der Waals surface area contributed by atoms with Gasteiger partial charge < -0.3 is 14.8 Å². The maximum Gasteiger partial charge on any atom is 0.265 e. The van der Waals surface area contributed by atoms with Crippen molar-refractivity contribution in [2.75, 3.05) is 24.3 Å². The second kappa shape index (κ2) is 9.29. The topological polar surface area (TPSA) is 93.7 Å². The Hall–Kier alpha value is -2.26. The third-order valence-electron chi connectivity index (χ3n) is 3.73. The molecule has 0 unspecified atom stereocenters. The maximum absolute atomic E-state index is 12.9. The molecule has 0 radical (unpaired) electrons. The van der Waals surface area contributed by atoms with E-state index in [1.807, 2.05) is 13.8 Å². The summed E-state index contributed by atoms with van der Waals surface area (Å²) in [5.74, 6) is 0.754. The zero-order chi connectivity index (χ0) is 20.9. The molecule has 28 heavy (non-hydrogen) atoms. The van der Waals surface area contributed by atoms with Gasteiger partial charge in [-0.25, -0.2) is 8.42 Å². The van der Waals surface area contributed by atoms with Crippen molar-refractivity contribution >= 4 is 43.2 Å². The number of carbonyl (C=O) groups excluding carboxylic acids is 1. The number of rotatable bonds is 8. The highest BCUT2D eigenvalue weighted by atomic mass is 79.9. The summed E-state index contributed by atoms with van der Waals surface area (Å²) in [7, 11) is -1.06. The normalized spacial score (nSPS) is 11.2. The van der Waals surface area contributed by atoms with Gasteiger partial charge in [-0.1, -0.05) is 13.8 Å². The first kappa shape index (κ1) is 22.0. The van der Waals surface area contributed by atoms with Crippen molar-refractivity contribution in [3.63, 3.8) is 0 Å². The van der Waals surface area contributed by atoms with Crippen molar-refractivity contribution in [3.8, 4) is 11.5 Å². The molecule has 1 amide bonds. The predicted octanol–water partition coefficient (Wildman–Crippen LogP) is 4.25. The second-order valence-corrected chi connectivity index (χ2v) is 8.97. The number of amides is 1. The van der Waals surface area contributed by atoms with Crippen molar-refractivity contribution in [3.05, 3.63) is 40.9 Å². The molecule has 2 aromatic carbocycles. The van der Waals surface area contributed by atoms with E-state index in [2.05, 4.69) is 26.0 Å². The van der Waals surface area contributed by atoms with E-state index >= 15 is 0 Å². The van der Waals surface area contributed by atoms with Crippen LogP contribution in [-0.2, 0) is 14.8 Å². The van der Waals surface area contributed by atoms with Gasteiger partial charge in [0.15, 0.2) is 0 Å². The van der Waals surface area contributed by atoms with Gasteiger partial charge in [0, 0.05) is 12.1 Å². The SMILES string of the molecule is COc1ccc(NS(=O)(=O)c2cc(NC(=O)CC(C)C)ccc2OC)cc1Br. The summed E-state index contributed by atoms with van der Waals surface area (Å²) in [6.45, 7) is 3.86. The summed E-state index contributed by atoms with van der Waals surface area (Å²) in [6, 6.07) is 9.29. The lowest BCUT2D eigenvalue weighted by atomic mass is 10.1. The molecule has 0 saturated heterocycles. The van der Waals surface area contributed by atoms with Crippen LogP contribution >= 0.6 is 15.9 Å². The molecule has 0 saturated carbocycles. The Bertz CT molecular complexity index is 961. The molecular formula is C19H23BrN2O5S. The highest BCUT2D eigenvalue weighted by Crippen LogP contribution is 2.32. The van der Waals surface area contributed by atoms with Gasteiger partial charge in [-0.3, -0.25) is 9.52 Å². The molecule has 0 aliphatic heterocycles. The first-order valence-electron chi connectivity index (χ1n) is 8.50. The average Bonchev–Trinajstić information content (AvgIpc) is 2.60. The number of carbonyl (C=O) groups is 1. The summed E-state index contributed by atoms with van der Waals surface area (Å²) >= 11 is 3.33. The Morgan fingerprint density at radius 1 is 1.04 bits per heavy atom. The highest BCUT2D eigenvalue weighted by Gasteiger charge is 2.21. The number of sulfonamides is 1. The molecule has 7 nitrogen and oxygen atoms in total. The lowest BCUT2D eigenvalue weighted by Crippen LogP contribution is -2.16. The Kier molecular flexibility index (Phi) is 7.31. The molecule has 0 aromatic heterocycles. The van der Waals surface area contributed by atoms with Crippen LogP contribution in [0.25, 0.3) is 0 Å². The average molecular weight is 471 g/mol. The van der Waals surface area contributed by atoms with E-state index in [0.29, 0.717) is 28.0 Å². The van der Waals surface area contributed by atoms with Crippen LogP contribution in [0.5, 0.6) is 11.5 Å². The van der Waals surface area contributed by atoms with Gasteiger partial charge in [-0.05, 0) is 58.2 Å².